The predicted octanol–water partition coefficient (Wildman–Crippen LogP) is 2.74. The van der Waals surface area contributed by atoms with E-state index in [0.717, 1.165) is 23.5 Å². The largest absolute Gasteiger partial charge is 0.338 e. The SMILES string of the molecule is Cc1cn(C2=CCC3C(=C2)N(c2cn(C)cn2)C(=O)C3(C)C)cn1. The number of allylic oxidation sites excluding steroid dienone is 4. The maximum Gasteiger partial charge on any atom is 0.238 e. The van der Waals surface area contributed by atoms with Crippen molar-refractivity contribution < 1.29 is 4.79 Å². The van der Waals surface area contributed by atoms with Gasteiger partial charge in [-0.25, -0.2) is 9.97 Å². The van der Waals surface area contributed by atoms with Gasteiger partial charge in [0.15, 0.2) is 5.82 Å². The highest BCUT2D eigenvalue weighted by molar-refractivity contribution is 6.03. The van der Waals surface area contributed by atoms with Crippen LogP contribution in [0, 0.1) is 18.3 Å². The molecule has 3 heterocycles. The first-order chi connectivity index (χ1) is 11.4. The number of rotatable bonds is 2. The van der Waals surface area contributed by atoms with Gasteiger partial charge in [0.25, 0.3) is 0 Å². The molecule has 2 aromatic heterocycles. The molecule has 0 radical (unpaired) electrons. The molecule has 1 amide bonds. The lowest BCUT2D eigenvalue weighted by Gasteiger charge is -2.25. The normalized spacial score (nSPS) is 22.4. The summed E-state index contributed by atoms with van der Waals surface area (Å²) in [6.45, 7) is 6.02. The van der Waals surface area contributed by atoms with Gasteiger partial charge in [-0.05, 0) is 19.4 Å². The van der Waals surface area contributed by atoms with Gasteiger partial charge < -0.3 is 9.13 Å². The van der Waals surface area contributed by atoms with Gasteiger partial charge in [-0.2, -0.15) is 0 Å². The summed E-state index contributed by atoms with van der Waals surface area (Å²) >= 11 is 0. The monoisotopic (exact) mass is 323 g/mol. The molecule has 2 aliphatic rings. The molecule has 1 fully saturated rings. The van der Waals surface area contributed by atoms with Gasteiger partial charge in [0, 0.05) is 36.8 Å². The lowest BCUT2D eigenvalue weighted by atomic mass is 9.76. The molecule has 1 atom stereocenters. The van der Waals surface area contributed by atoms with E-state index < -0.39 is 5.41 Å². The van der Waals surface area contributed by atoms with E-state index in [1.807, 2.05) is 55.7 Å². The summed E-state index contributed by atoms with van der Waals surface area (Å²) in [6, 6.07) is 0. The molecule has 1 aliphatic carbocycles. The Kier molecular flexibility index (Phi) is 3.07. The van der Waals surface area contributed by atoms with Crippen molar-refractivity contribution in [3.63, 3.8) is 0 Å². The van der Waals surface area contributed by atoms with Crippen molar-refractivity contribution in [2.75, 3.05) is 4.90 Å². The molecule has 1 aliphatic heterocycles. The highest BCUT2D eigenvalue weighted by atomic mass is 16.2. The number of imidazole rings is 2. The number of carbonyl (C=O) groups is 1. The van der Waals surface area contributed by atoms with Crippen LogP contribution in [0.3, 0.4) is 0 Å². The molecular weight excluding hydrogens is 302 g/mol. The van der Waals surface area contributed by atoms with Crippen LogP contribution in [0.5, 0.6) is 0 Å². The fraction of sp³-hybridized carbons (Fsp3) is 0.389. The second kappa shape index (κ2) is 4.93. The van der Waals surface area contributed by atoms with E-state index in [9.17, 15) is 4.79 Å². The van der Waals surface area contributed by atoms with E-state index in [-0.39, 0.29) is 11.8 Å². The molecule has 0 saturated carbocycles. The number of fused-ring (bicyclic) bond motifs is 1. The van der Waals surface area contributed by atoms with Gasteiger partial charge in [0.05, 0.1) is 23.8 Å². The topological polar surface area (TPSA) is 56.0 Å². The number of anilines is 1. The van der Waals surface area contributed by atoms with E-state index in [1.165, 1.54) is 0 Å². The number of amides is 1. The summed E-state index contributed by atoms with van der Waals surface area (Å²) in [6.07, 6.45) is 12.5. The Morgan fingerprint density at radius 1 is 1.21 bits per heavy atom. The van der Waals surface area contributed by atoms with Crippen LogP contribution in [0.4, 0.5) is 5.82 Å². The summed E-state index contributed by atoms with van der Waals surface area (Å²) in [5.41, 5.74) is 2.61. The molecule has 0 N–H and O–H groups in total. The van der Waals surface area contributed by atoms with Crippen LogP contribution in [-0.4, -0.2) is 25.0 Å². The first-order valence-electron chi connectivity index (χ1n) is 8.13. The van der Waals surface area contributed by atoms with Crippen LogP contribution in [0.25, 0.3) is 5.70 Å². The van der Waals surface area contributed by atoms with Crippen LogP contribution in [0.15, 0.2) is 42.9 Å². The molecule has 0 spiro atoms. The molecule has 4 rings (SSSR count). The van der Waals surface area contributed by atoms with E-state index in [2.05, 4.69) is 22.1 Å². The van der Waals surface area contributed by atoms with Crippen LogP contribution in [0.1, 0.15) is 26.0 Å². The van der Waals surface area contributed by atoms with Crippen LogP contribution >= 0.6 is 0 Å². The van der Waals surface area contributed by atoms with Crippen LogP contribution in [-0.2, 0) is 11.8 Å². The Morgan fingerprint density at radius 3 is 2.62 bits per heavy atom. The Balaban J connectivity index is 1.81. The number of nitrogens with zero attached hydrogens (tertiary/aromatic N) is 5. The molecule has 6 nitrogen and oxygen atoms in total. The molecule has 24 heavy (non-hydrogen) atoms. The van der Waals surface area contributed by atoms with E-state index in [1.54, 1.807) is 11.2 Å². The predicted molar refractivity (Wildman–Crippen MR) is 91.9 cm³/mol. The lowest BCUT2D eigenvalue weighted by molar-refractivity contribution is -0.125. The third-order valence-corrected chi connectivity index (χ3v) is 5.03. The molecule has 1 saturated heterocycles. The van der Waals surface area contributed by atoms with Gasteiger partial charge in [-0.1, -0.05) is 19.9 Å². The number of hydrogen-bond acceptors (Lipinski definition) is 3. The second-order valence-corrected chi connectivity index (χ2v) is 7.17. The highest BCUT2D eigenvalue weighted by Gasteiger charge is 2.52. The first-order valence-corrected chi connectivity index (χ1v) is 8.13. The van der Waals surface area contributed by atoms with Crippen LogP contribution < -0.4 is 4.90 Å². The number of aryl methyl sites for hydroxylation is 2. The molecule has 0 bridgehead atoms. The van der Waals surface area contributed by atoms with Crippen molar-refractivity contribution in [2.45, 2.75) is 27.2 Å². The zero-order chi connectivity index (χ0) is 17.1. The van der Waals surface area contributed by atoms with Gasteiger partial charge in [-0.3, -0.25) is 9.69 Å². The number of aromatic nitrogens is 4. The first kappa shape index (κ1) is 14.9. The molecular formula is C18H21N5O. The van der Waals surface area contributed by atoms with Crippen LogP contribution in [0.2, 0.25) is 0 Å². The number of hydrogen-bond donors (Lipinski definition) is 0. The standard InChI is InChI=1S/C18H21N5O/c1-12-8-22(11-19-12)13-5-6-14-15(7-13)23(17(24)18(14,2)3)16-9-21(4)10-20-16/h5,7-11,14H,6H2,1-4H3. The van der Waals surface area contributed by atoms with Crippen molar-refractivity contribution in [1.29, 1.82) is 0 Å². The highest BCUT2D eigenvalue weighted by Crippen LogP contribution is 2.49. The van der Waals surface area contributed by atoms with E-state index >= 15 is 0 Å². The zero-order valence-corrected chi connectivity index (χ0v) is 14.4. The summed E-state index contributed by atoms with van der Waals surface area (Å²) in [4.78, 5) is 23.5. The van der Waals surface area contributed by atoms with Crippen molar-refractivity contribution in [3.8, 4) is 0 Å². The third-order valence-electron chi connectivity index (χ3n) is 5.03. The fourth-order valence-corrected chi connectivity index (χ4v) is 3.60. The van der Waals surface area contributed by atoms with Gasteiger partial charge in [-0.15, -0.1) is 0 Å². The molecule has 2 aromatic rings. The average Bonchev–Trinajstić information content (AvgIpc) is 3.20. The summed E-state index contributed by atoms with van der Waals surface area (Å²) in [7, 11) is 1.91. The molecule has 124 valence electrons. The molecule has 6 heteroatoms. The maximum atomic E-state index is 13.0. The number of carbonyl (C=O) groups excluding carboxylic acids is 1. The minimum absolute atomic E-state index is 0.105. The van der Waals surface area contributed by atoms with Crippen molar-refractivity contribution in [2.24, 2.45) is 18.4 Å². The van der Waals surface area contributed by atoms with Crippen molar-refractivity contribution >= 4 is 17.4 Å². The smallest absolute Gasteiger partial charge is 0.238 e. The summed E-state index contributed by atoms with van der Waals surface area (Å²) in [5.74, 6) is 0.960. The summed E-state index contributed by atoms with van der Waals surface area (Å²) in [5, 5.41) is 0. The third kappa shape index (κ3) is 2.06. The van der Waals surface area contributed by atoms with Crippen molar-refractivity contribution in [3.05, 3.63) is 48.6 Å². The second-order valence-electron chi connectivity index (χ2n) is 7.17. The van der Waals surface area contributed by atoms with E-state index in [4.69, 9.17) is 0 Å². The average molecular weight is 323 g/mol. The Labute approximate surface area is 141 Å². The molecule has 1 unspecified atom stereocenters. The lowest BCUT2D eigenvalue weighted by Crippen LogP contribution is -2.31. The van der Waals surface area contributed by atoms with E-state index in [0.29, 0.717) is 5.82 Å². The van der Waals surface area contributed by atoms with Crippen molar-refractivity contribution in [1.82, 2.24) is 19.1 Å². The Morgan fingerprint density at radius 2 is 2.00 bits per heavy atom. The quantitative estimate of drug-likeness (QED) is 0.854. The van der Waals surface area contributed by atoms with Gasteiger partial charge >= 0.3 is 0 Å². The zero-order valence-electron chi connectivity index (χ0n) is 14.4. The fourth-order valence-electron chi connectivity index (χ4n) is 3.60. The van der Waals surface area contributed by atoms with Gasteiger partial charge in [0.2, 0.25) is 5.91 Å². The Hall–Kier alpha value is -2.63. The minimum atomic E-state index is -0.434. The minimum Gasteiger partial charge on any atom is -0.338 e. The maximum absolute atomic E-state index is 13.0. The van der Waals surface area contributed by atoms with Gasteiger partial charge in [0.1, 0.15) is 0 Å². The summed E-state index contributed by atoms with van der Waals surface area (Å²) < 4.78 is 3.87. The molecule has 0 aromatic carbocycles. The Bertz CT molecular complexity index is 883.